The van der Waals surface area contributed by atoms with Crippen LogP contribution in [-0.4, -0.2) is 99.4 Å². The van der Waals surface area contributed by atoms with Gasteiger partial charge in [-0.25, -0.2) is 33.3 Å². The van der Waals surface area contributed by atoms with Gasteiger partial charge in [0.25, 0.3) is 0 Å². The topological polar surface area (TPSA) is 332 Å². The smallest absolute Gasteiger partial charge is 0.408 e. The van der Waals surface area contributed by atoms with Gasteiger partial charge < -0.3 is 69.6 Å². The molecule has 0 bridgehead atoms. The second-order valence-electron chi connectivity index (χ2n) is 33.7. The van der Waals surface area contributed by atoms with Gasteiger partial charge in [0.2, 0.25) is 0 Å². The van der Waals surface area contributed by atoms with Crippen molar-refractivity contribution in [2.75, 3.05) is 21.3 Å². The van der Waals surface area contributed by atoms with E-state index < -0.39 is 57.2 Å². The summed E-state index contributed by atoms with van der Waals surface area (Å²) in [6, 6.07) is 54.3. The van der Waals surface area contributed by atoms with Crippen molar-refractivity contribution in [3.63, 3.8) is 0 Å². The van der Waals surface area contributed by atoms with Gasteiger partial charge in [-0.2, -0.15) is 5.26 Å². The van der Waals surface area contributed by atoms with Crippen LogP contribution in [0.15, 0.2) is 188 Å². The molecule has 3 heterocycles. The number of hydrogen-bond donors (Lipinski definition) is 6. The van der Waals surface area contributed by atoms with Gasteiger partial charge in [0, 0.05) is 52.6 Å². The number of rotatable bonds is 35. The number of nitriles is 1. The lowest BCUT2D eigenvalue weighted by Gasteiger charge is -2.30. The number of nitrogens with one attached hydrogen (secondary N) is 2. The fourth-order valence-corrected chi connectivity index (χ4v) is 13.6. The number of halogens is 4. The zero-order chi connectivity index (χ0) is 90.3. The van der Waals surface area contributed by atoms with Gasteiger partial charge in [0.15, 0.2) is 51.8 Å². The average molecular weight is 1750 g/mol. The van der Waals surface area contributed by atoms with Crippen LogP contribution in [-0.2, 0) is 56.1 Å². The summed E-state index contributed by atoms with van der Waals surface area (Å²) >= 11 is 12.3. The van der Waals surface area contributed by atoms with Crippen LogP contribution in [0.2, 0.25) is 10.2 Å². The molecule has 125 heavy (non-hydrogen) atoms. The summed E-state index contributed by atoms with van der Waals surface area (Å²) in [5.41, 5.74) is 6.79. The van der Waals surface area contributed by atoms with Gasteiger partial charge in [0.1, 0.15) is 52.9 Å². The number of carbonyl (C=O) groups excluding carboxylic acids is 5. The lowest BCUT2D eigenvalue weighted by molar-refractivity contribution is 0.0394. The maximum absolute atomic E-state index is 14.2. The number of methoxy groups -OCH3 is 3. The molecule has 13 rings (SSSR count). The van der Waals surface area contributed by atoms with Crippen LogP contribution in [0.4, 0.5) is 18.4 Å². The predicted molar refractivity (Wildman–Crippen MR) is 470 cm³/mol. The van der Waals surface area contributed by atoms with Crippen molar-refractivity contribution in [3.8, 4) is 63.1 Å². The molecule has 23 nitrogen and oxygen atoms in total. The van der Waals surface area contributed by atoms with E-state index >= 15 is 0 Å². The van der Waals surface area contributed by atoms with Crippen molar-refractivity contribution in [1.82, 2.24) is 25.6 Å². The number of carbonyl (C=O) groups is 5. The zero-order valence-corrected chi connectivity index (χ0v) is 73.6. The highest BCUT2D eigenvalue weighted by atomic mass is 35.5. The lowest BCUT2D eigenvalue weighted by atomic mass is 9.87. The third-order valence-corrected chi connectivity index (χ3v) is 22.1. The second kappa shape index (κ2) is 40.4. The van der Waals surface area contributed by atoms with Crippen LogP contribution in [0.3, 0.4) is 0 Å². The quantitative estimate of drug-likeness (QED) is 0.0159. The van der Waals surface area contributed by atoms with Gasteiger partial charge in [-0.3, -0.25) is 14.4 Å². The molecule has 3 unspecified atom stereocenters. The molecule has 2 amide bonds. The summed E-state index contributed by atoms with van der Waals surface area (Å²) in [6.07, 6.45) is 5.78. The summed E-state index contributed by atoms with van der Waals surface area (Å²) < 4.78 is 72.6. The normalized spacial score (nSPS) is 14.6. The molecule has 10 aromatic rings. The van der Waals surface area contributed by atoms with Crippen molar-refractivity contribution in [3.05, 3.63) is 277 Å². The molecule has 27 heteroatoms. The molecule has 0 radical (unpaired) electrons. The highest BCUT2D eigenvalue weighted by Crippen LogP contribution is 2.42. The van der Waals surface area contributed by atoms with Crippen molar-refractivity contribution in [1.29, 1.82) is 5.26 Å². The Bertz CT molecular complexity index is 5590. The van der Waals surface area contributed by atoms with E-state index in [4.69, 9.17) is 71.8 Å². The van der Waals surface area contributed by atoms with Gasteiger partial charge in [-0.15, -0.1) is 0 Å². The first-order valence-electron chi connectivity index (χ1n) is 41.2. The number of nitrogens with zero attached hydrogens (tertiary/aromatic N) is 4. The minimum absolute atomic E-state index is 0.0111. The molecule has 3 fully saturated rings. The highest BCUT2D eigenvalue weighted by Gasteiger charge is 2.37. The number of aromatic nitrogens is 3. The standard InChI is InChI=1S/C38H38FN3O6.C31H35ClN2O6.C29H32ClFN2O4/c1-37(2,42-36(44)47-23-24-8-6-5-7-9-24)28-20-31(25-10-14-30(39)27(18-25)22-40)41-35(21-28)38(3,45)17-16-32(43)26-11-15-33(34(19-26)46-4)48-29-12-13-29;1-30(2,34-29(36)39-19-20-8-6-5-7-9-20)22-17-27(33-28(32)18-22)31(3,37)15-14-24(35)21-10-13-25(26(16-21)38-4)40-23-11-12-23;1-28(2,32)19-15-23(17-5-9-22(31)21(30)13-17)33-27(16-19)29(3,35)12-11-24(34)18-6-10-25(26(14-18)36-4)37-20-7-8-20/h5-11,14-15,18-21,29,45H,12-13,16-17,23H2,1-4H3,(H,42,44);5-10,13,16-18,23,37H,11-12,14-15,19H2,1-4H3,(H,34,36);5-6,9-10,13-16,20,35H,7-8,11-12,32H2,1-4H3. The monoisotopic (exact) mass is 1740 g/mol. The second-order valence-corrected chi connectivity index (χ2v) is 34.5. The Labute approximate surface area is 736 Å². The minimum Gasteiger partial charge on any atom is -0.493 e. The van der Waals surface area contributed by atoms with E-state index in [9.17, 15) is 53.3 Å². The molecule has 0 saturated heterocycles. The Hall–Kier alpha value is -11.9. The third-order valence-electron chi connectivity index (χ3n) is 21.6. The number of ketones is 3. The number of alkyl carbamates (subject to hydrolysis) is 2. The molecule has 656 valence electrons. The Balaban J connectivity index is 0.000000184. The molecule has 0 spiro atoms. The number of hydrogen-bond acceptors (Lipinski definition) is 21. The summed E-state index contributed by atoms with van der Waals surface area (Å²) in [5, 5.41) is 49.7. The Kier molecular flexibility index (Phi) is 30.3. The number of amides is 2. The number of ether oxygens (including phenoxy) is 8. The van der Waals surface area contributed by atoms with E-state index in [1.165, 1.54) is 51.7 Å². The van der Waals surface area contributed by atoms with Gasteiger partial charge in [0.05, 0.1) is 89.8 Å². The first kappa shape index (κ1) is 93.8. The maximum Gasteiger partial charge on any atom is 0.408 e. The molecule has 3 aliphatic carbocycles. The number of pyridine rings is 3. The van der Waals surface area contributed by atoms with E-state index in [1.54, 1.807) is 146 Å². The van der Waals surface area contributed by atoms with Crippen molar-refractivity contribution in [2.45, 2.75) is 204 Å². The van der Waals surface area contributed by atoms with Crippen LogP contribution >= 0.6 is 23.2 Å². The molecule has 7 N–H and O–H groups in total. The first-order valence-corrected chi connectivity index (χ1v) is 42.0. The Morgan fingerprint density at radius 1 is 0.448 bits per heavy atom. The minimum atomic E-state index is -1.60. The molecule has 3 aliphatic rings. The van der Waals surface area contributed by atoms with E-state index in [0.717, 1.165) is 55.2 Å². The summed E-state index contributed by atoms with van der Waals surface area (Å²) in [4.78, 5) is 78.4. The van der Waals surface area contributed by atoms with Crippen molar-refractivity contribution in [2.24, 2.45) is 5.73 Å². The Morgan fingerprint density at radius 3 is 1.16 bits per heavy atom. The number of Topliss-reactive ketones (excluding diaryl/α,β-unsaturated/α-hetero) is 3. The van der Waals surface area contributed by atoms with Crippen molar-refractivity contribution >= 4 is 52.7 Å². The highest BCUT2D eigenvalue weighted by molar-refractivity contribution is 6.31. The molecule has 7 aromatic carbocycles. The third kappa shape index (κ3) is 26.1. The Morgan fingerprint density at radius 2 is 0.800 bits per heavy atom. The molecular weight excluding hydrogens is 1640 g/mol. The van der Waals surface area contributed by atoms with Gasteiger partial charge >= 0.3 is 12.2 Å². The number of aliphatic hydroxyl groups is 3. The predicted octanol–water partition coefficient (Wildman–Crippen LogP) is 19.8. The summed E-state index contributed by atoms with van der Waals surface area (Å²) in [6.45, 7) is 15.8. The molecule has 3 atom stereocenters. The van der Waals surface area contributed by atoms with E-state index in [1.807, 2.05) is 80.6 Å². The van der Waals surface area contributed by atoms with Crippen LogP contribution < -0.4 is 44.8 Å². The van der Waals surface area contributed by atoms with E-state index in [2.05, 4.69) is 20.6 Å². The van der Waals surface area contributed by atoms with Crippen molar-refractivity contribution < 1.29 is 86.0 Å². The summed E-state index contributed by atoms with van der Waals surface area (Å²) in [7, 11) is 4.60. The molecule has 0 aliphatic heterocycles. The van der Waals surface area contributed by atoms with Crippen LogP contribution in [0, 0.1) is 23.0 Å². The lowest BCUT2D eigenvalue weighted by Crippen LogP contribution is -2.41. The zero-order valence-electron chi connectivity index (χ0n) is 72.1. The molecule has 3 aromatic heterocycles. The largest absolute Gasteiger partial charge is 0.493 e. The fourth-order valence-electron chi connectivity index (χ4n) is 13.2. The van der Waals surface area contributed by atoms with Crippen LogP contribution in [0.25, 0.3) is 22.5 Å². The molecule has 3 saturated carbocycles. The van der Waals surface area contributed by atoms with Crippen LogP contribution in [0.1, 0.15) is 221 Å². The van der Waals surface area contributed by atoms with Crippen LogP contribution in [0.5, 0.6) is 34.5 Å². The average Bonchev–Trinajstić information content (AvgIpc) is 1.66. The molecular formula is C98H105Cl2F2N7O16. The first-order chi connectivity index (χ1) is 59.2. The number of nitrogens with two attached hydrogens (primary N) is 1. The van der Waals surface area contributed by atoms with Gasteiger partial charge in [-0.05, 0) is 275 Å². The van der Waals surface area contributed by atoms with E-state index in [-0.39, 0.29) is 109 Å². The SMILES string of the molecule is COc1cc(C(=O)CCC(C)(O)c2cc(C(C)(C)N)cc(-c3ccc(F)c(Cl)c3)n2)ccc1OC1CC1.COc1cc(C(=O)CCC(C)(O)c2cc(C(C)(C)NC(=O)OCc3ccccc3)cc(-c3ccc(F)c(C#N)c3)n2)ccc1OC1CC1.COc1cc(C(=O)CCC(C)(O)c2cc(C(C)(C)NC(=O)OCc3ccccc3)cc(Cl)n2)ccc1OC1CC1. The number of benzene rings is 7. The maximum atomic E-state index is 14.2. The summed E-state index contributed by atoms with van der Waals surface area (Å²) in [5.74, 6) is 1.59. The van der Waals surface area contributed by atoms with E-state index in [0.29, 0.717) is 96.2 Å². The fraction of sp³-hybridized carbons (Fsp3) is 0.357. The van der Waals surface area contributed by atoms with Gasteiger partial charge in [-0.1, -0.05) is 83.9 Å².